The standard InChI is InChI=1S/C8H4F2N2S/c9-6-1-5(2-7(10)3-6)8-4-13-12-11-8/h1-4H. The number of benzene rings is 1. The van der Waals surface area contributed by atoms with Crippen LogP contribution in [-0.4, -0.2) is 9.59 Å². The Kier molecular flexibility index (Phi) is 2.02. The molecule has 1 heterocycles. The number of halogens is 2. The van der Waals surface area contributed by atoms with E-state index in [1.54, 1.807) is 5.38 Å². The first kappa shape index (κ1) is 8.25. The molecule has 0 amide bonds. The van der Waals surface area contributed by atoms with Crippen LogP contribution in [0.2, 0.25) is 0 Å². The molecule has 0 atom stereocenters. The van der Waals surface area contributed by atoms with E-state index >= 15 is 0 Å². The van der Waals surface area contributed by atoms with Gasteiger partial charge in [0.05, 0.1) is 0 Å². The summed E-state index contributed by atoms with van der Waals surface area (Å²) in [6.45, 7) is 0. The molecule has 0 saturated carbocycles. The van der Waals surface area contributed by atoms with Gasteiger partial charge < -0.3 is 0 Å². The molecule has 1 aromatic heterocycles. The van der Waals surface area contributed by atoms with Crippen LogP contribution >= 0.6 is 11.5 Å². The maximum absolute atomic E-state index is 12.7. The normalized spacial score (nSPS) is 10.3. The van der Waals surface area contributed by atoms with E-state index < -0.39 is 11.6 Å². The third-order valence-corrected chi connectivity index (χ3v) is 2.02. The fourth-order valence-corrected chi connectivity index (χ4v) is 1.46. The molecule has 0 N–H and O–H groups in total. The third kappa shape index (κ3) is 1.70. The van der Waals surface area contributed by atoms with Crippen molar-refractivity contribution in [1.29, 1.82) is 0 Å². The van der Waals surface area contributed by atoms with Crippen LogP contribution in [0.4, 0.5) is 8.78 Å². The zero-order valence-electron chi connectivity index (χ0n) is 6.37. The van der Waals surface area contributed by atoms with Crippen LogP contribution < -0.4 is 0 Å². The molecule has 66 valence electrons. The molecule has 0 saturated heterocycles. The average molecular weight is 198 g/mol. The van der Waals surface area contributed by atoms with Crippen LogP contribution in [0.5, 0.6) is 0 Å². The highest BCUT2D eigenvalue weighted by atomic mass is 32.1. The second-order valence-corrected chi connectivity index (χ2v) is 3.06. The Morgan fingerprint density at radius 1 is 1.08 bits per heavy atom. The van der Waals surface area contributed by atoms with Crippen molar-refractivity contribution < 1.29 is 8.78 Å². The van der Waals surface area contributed by atoms with Crippen molar-refractivity contribution in [1.82, 2.24) is 9.59 Å². The van der Waals surface area contributed by atoms with Crippen LogP contribution in [-0.2, 0) is 0 Å². The molecule has 2 rings (SSSR count). The van der Waals surface area contributed by atoms with E-state index in [9.17, 15) is 8.78 Å². The molecular weight excluding hydrogens is 194 g/mol. The first-order valence-corrected chi connectivity index (χ1v) is 4.33. The van der Waals surface area contributed by atoms with E-state index in [2.05, 4.69) is 9.59 Å². The Morgan fingerprint density at radius 2 is 1.77 bits per heavy atom. The van der Waals surface area contributed by atoms with Crippen molar-refractivity contribution in [2.75, 3.05) is 0 Å². The summed E-state index contributed by atoms with van der Waals surface area (Å²) in [5.41, 5.74) is 0.898. The highest BCUT2D eigenvalue weighted by Crippen LogP contribution is 2.19. The lowest BCUT2D eigenvalue weighted by molar-refractivity contribution is 0.584. The maximum atomic E-state index is 12.7. The van der Waals surface area contributed by atoms with Crippen molar-refractivity contribution in [3.8, 4) is 11.3 Å². The van der Waals surface area contributed by atoms with Crippen LogP contribution in [0.1, 0.15) is 0 Å². The van der Waals surface area contributed by atoms with Crippen molar-refractivity contribution in [3.05, 3.63) is 35.2 Å². The fraction of sp³-hybridized carbons (Fsp3) is 0. The smallest absolute Gasteiger partial charge is 0.126 e. The van der Waals surface area contributed by atoms with Gasteiger partial charge >= 0.3 is 0 Å². The lowest BCUT2D eigenvalue weighted by Crippen LogP contribution is -1.84. The van der Waals surface area contributed by atoms with Crippen LogP contribution in [0.25, 0.3) is 11.3 Å². The van der Waals surface area contributed by atoms with Gasteiger partial charge in [-0.15, -0.1) is 5.10 Å². The van der Waals surface area contributed by atoms with Gasteiger partial charge in [-0.1, -0.05) is 4.49 Å². The minimum absolute atomic E-state index is 0.409. The van der Waals surface area contributed by atoms with Gasteiger partial charge in [-0.3, -0.25) is 0 Å². The Morgan fingerprint density at radius 3 is 2.31 bits per heavy atom. The van der Waals surface area contributed by atoms with Gasteiger partial charge in [-0.2, -0.15) is 0 Å². The molecule has 1 aromatic carbocycles. The minimum Gasteiger partial charge on any atom is -0.207 e. The van der Waals surface area contributed by atoms with E-state index in [-0.39, 0.29) is 0 Å². The topological polar surface area (TPSA) is 25.8 Å². The molecule has 2 aromatic rings. The molecule has 0 fully saturated rings. The minimum atomic E-state index is -0.608. The summed E-state index contributed by atoms with van der Waals surface area (Å²) in [7, 11) is 0. The van der Waals surface area contributed by atoms with Crippen LogP contribution in [0.3, 0.4) is 0 Å². The highest BCUT2D eigenvalue weighted by molar-refractivity contribution is 7.03. The summed E-state index contributed by atoms with van der Waals surface area (Å²) in [6, 6.07) is 3.27. The molecule has 0 spiro atoms. The quantitative estimate of drug-likeness (QED) is 0.703. The van der Waals surface area contributed by atoms with Gasteiger partial charge in [-0.05, 0) is 23.7 Å². The van der Waals surface area contributed by atoms with Gasteiger partial charge in [-0.25, -0.2) is 8.78 Å². The zero-order chi connectivity index (χ0) is 9.26. The number of hydrogen-bond acceptors (Lipinski definition) is 3. The summed E-state index contributed by atoms with van der Waals surface area (Å²) in [5.74, 6) is -1.22. The van der Waals surface area contributed by atoms with Crippen molar-refractivity contribution in [3.63, 3.8) is 0 Å². The summed E-state index contributed by atoms with van der Waals surface area (Å²) >= 11 is 1.14. The summed E-state index contributed by atoms with van der Waals surface area (Å²) in [5, 5.41) is 5.34. The van der Waals surface area contributed by atoms with Gasteiger partial charge in [0.15, 0.2) is 0 Å². The molecule has 5 heteroatoms. The molecule has 0 aliphatic rings. The number of hydrogen-bond donors (Lipinski definition) is 0. The Hall–Kier alpha value is -1.36. The second-order valence-electron chi connectivity index (χ2n) is 2.45. The first-order chi connectivity index (χ1) is 6.25. The van der Waals surface area contributed by atoms with Gasteiger partial charge in [0.2, 0.25) is 0 Å². The van der Waals surface area contributed by atoms with Gasteiger partial charge in [0.1, 0.15) is 17.3 Å². The molecule has 0 unspecified atom stereocenters. The third-order valence-electron chi connectivity index (χ3n) is 1.52. The predicted molar refractivity (Wildman–Crippen MR) is 45.3 cm³/mol. The van der Waals surface area contributed by atoms with Crippen LogP contribution in [0.15, 0.2) is 23.6 Å². The molecule has 0 aliphatic heterocycles. The molecule has 2 nitrogen and oxygen atoms in total. The van der Waals surface area contributed by atoms with E-state index in [1.165, 1.54) is 12.1 Å². The number of rotatable bonds is 1. The summed E-state index contributed by atoms with van der Waals surface area (Å²) in [6.07, 6.45) is 0. The molecular formula is C8H4F2N2S. The Labute approximate surface area is 77.0 Å². The monoisotopic (exact) mass is 198 g/mol. The zero-order valence-corrected chi connectivity index (χ0v) is 7.18. The Balaban J connectivity index is 2.53. The molecule has 0 radical (unpaired) electrons. The SMILES string of the molecule is Fc1cc(F)cc(-c2csnn2)c1. The largest absolute Gasteiger partial charge is 0.207 e. The van der Waals surface area contributed by atoms with E-state index in [4.69, 9.17) is 0 Å². The molecule has 13 heavy (non-hydrogen) atoms. The fourth-order valence-electron chi connectivity index (χ4n) is 0.992. The number of nitrogens with zero attached hydrogens (tertiary/aromatic N) is 2. The average Bonchev–Trinajstić information content (AvgIpc) is 2.53. The second kappa shape index (κ2) is 3.18. The number of aromatic nitrogens is 2. The van der Waals surface area contributed by atoms with Gasteiger partial charge in [0.25, 0.3) is 0 Å². The van der Waals surface area contributed by atoms with Crippen molar-refractivity contribution in [2.24, 2.45) is 0 Å². The predicted octanol–water partition coefficient (Wildman–Crippen LogP) is 2.48. The van der Waals surface area contributed by atoms with E-state index in [1.807, 2.05) is 0 Å². The van der Waals surface area contributed by atoms with Crippen molar-refractivity contribution in [2.45, 2.75) is 0 Å². The highest BCUT2D eigenvalue weighted by Gasteiger charge is 2.04. The van der Waals surface area contributed by atoms with Crippen LogP contribution in [0, 0.1) is 11.6 Å². The lowest BCUT2D eigenvalue weighted by Gasteiger charge is -1.96. The lowest BCUT2D eigenvalue weighted by atomic mass is 10.2. The molecule has 0 aliphatic carbocycles. The maximum Gasteiger partial charge on any atom is 0.126 e. The first-order valence-electron chi connectivity index (χ1n) is 3.49. The molecule has 0 bridgehead atoms. The Bertz CT molecular complexity index is 394. The van der Waals surface area contributed by atoms with Gasteiger partial charge in [0, 0.05) is 17.0 Å². The van der Waals surface area contributed by atoms with E-state index in [0.717, 1.165) is 17.6 Å². The van der Waals surface area contributed by atoms with E-state index in [0.29, 0.717) is 11.3 Å². The van der Waals surface area contributed by atoms with Crippen molar-refractivity contribution >= 4 is 11.5 Å². The summed E-state index contributed by atoms with van der Waals surface area (Å²) in [4.78, 5) is 0. The summed E-state index contributed by atoms with van der Waals surface area (Å²) < 4.78 is 29.1.